The molecular formula is C25H26F2N2O5. The molecule has 2 aliphatic rings. The van der Waals surface area contributed by atoms with E-state index in [1.807, 2.05) is 48.5 Å². The maximum atomic E-state index is 13.6. The van der Waals surface area contributed by atoms with Gasteiger partial charge in [0.05, 0.1) is 12.3 Å². The lowest BCUT2D eigenvalue weighted by Crippen LogP contribution is -2.47. The molecule has 9 heteroatoms. The fourth-order valence-electron chi connectivity index (χ4n) is 4.72. The molecule has 7 nitrogen and oxygen atoms in total. The number of amides is 2. The van der Waals surface area contributed by atoms with Crippen molar-refractivity contribution in [1.82, 2.24) is 10.2 Å². The first-order valence-corrected chi connectivity index (χ1v) is 11.3. The van der Waals surface area contributed by atoms with Gasteiger partial charge in [-0.3, -0.25) is 9.59 Å². The molecule has 4 rings (SSSR count). The SMILES string of the molecule is O=C(NC(CC(=O)N1CCC[C@@H](C(=O)O)C1)C(F)F)OCC1c2ccccc2-c2ccccc21. The summed E-state index contributed by atoms with van der Waals surface area (Å²) in [4.78, 5) is 37.4. The van der Waals surface area contributed by atoms with Crippen molar-refractivity contribution in [3.8, 4) is 11.1 Å². The van der Waals surface area contributed by atoms with Crippen LogP contribution in [0.3, 0.4) is 0 Å². The maximum Gasteiger partial charge on any atom is 0.407 e. The molecule has 2 amide bonds. The Balaban J connectivity index is 1.36. The molecule has 2 aromatic rings. The minimum absolute atomic E-state index is 0.0188. The summed E-state index contributed by atoms with van der Waals surface area (Å²) in [7, 11) is 0. The highest BCUT2D eigenvalue weighted by Crippen LogP contribution is 2.44. The predicted molar refractivity (Wildman–Crippen MR) is 120 cm³/mol. The molecule has 34 heavy (non-hydrogen) atoms. The Morgan fingerprint density at radius 1 is 1.06 bits per heavy atom. The zero-order valence-corrected chi connectivity index (χ0v) is 18.5. The zero-order chi connectivity index (χ0) is 24.2. The summed E-state index contributed by atoms with van der Waals surface area (Å²) in [5.41, 5.74) is 4.08. The molecule has 2 N–H and O–H groups in total. The fourth-order valence-corrected chi connectivity index (χ4v) is 4.72. The number of carbonyl (C=O) groups excluding carboxylic acids is 2. The second-order valence-electron chi connectivity index (χ2n) is 8.63. The van der Waals surface area contributed by atoms with E-state index in [0.29, 0.717) is 19.4 Å². The van der Waals surface area contributed by atoms with Gasteiger partial charge in [-0.2, -0.15) is 0 Å². The van der Waals surface area contributed by atoms with E-state index in [2.05, 4.69) is 5.32 Å². The molecule has 1 aliphatic heterocycles. The van der Waals surface area contributed by atoms with E-state index in [1.165, 1.54) is 4.90 Å². The molecule has 180 valence electrons. The lowest BCUT2D eigenvalue weighted by Gasteiger charge is -2.31. The number of hydrogen-bond acceptors (Lipinski definition) is 4. The van der Waals surface area contributed by atoms with Gasteiger partial charge in [0.25, 0.3) is 6.43 Å². The van der Waals surface area contributed by atoms with Crippen LogP contribution in [0.1, 0.15) is 36.3 Å². The normalized spacial score (nSPS) is 18.2. The number of benzene rings is 2. The van der Waals surface area contributed by atoms with Crippen LogP contribution in [0.25, 0.3) is 11.1 Å². The molecule has 1 fully saturated rings. The summed E-state index contributed by atoms with van der Waals surface area (Å²) in [5.74, 6) is -2.56. The van der Waals surface area contributed by atoms with E-state index in [-0.39, 0.29) is 19.1 Å². The van der Waals surface area contributed by atoms with Crippen molar-refractivity contribution < 1.29 is 33.0 Å². The minimum atomic E-state index is -2.98. The van der Waals surface area contributed by atoms with Crippen molar-refractivity contribution in [2.24, 2.45) is 5.92 Å². The minimum Gasteiger partial charge on any atom is -0.481 e. The first-order valence-electron chi connectivity index (χ1n) is 11.3. The number of alkyl carbamates (subject to hydrolysis) is 1. The lowest BCUT2D eigenvalue weighted by molar-refractivity contribution is -0.146. The third-order valence-electron chi connectivity index (χ3n) is 6.47. The average Bonchev–Trinajstić information content (AvgIpc) is 3.16. The standard InChI is InChI=1S/C25H26F2N2O5/c26-23(27)21(12-22(30)29-11-5-6-15(13-29)24(31)32)28-25(33)34-14-20-18-9-3-1-7-16(18)17-8-2-4-10-19(17)20/h1-4,7-10,15,20-21,23H,5-6,11-14H2,(H,28,33)(H,31,32)/t15-,21?/m1/s1. The van der Waals surface area contributed by atoms with Gasteiger partial charge in [-0.25, -0.2) is 13.6 Å². The number of hydrogen-bond donors (Lipinski definition) is 2. The Morgan fingerprint density at radius 3 is 2.26 bits per heavy atom. The number of carboxylic acid groups (broad SMARTS) is 1. The summed E-state index contributed by atoms with van der Waals surface area (Å²) in [5, 5.41) is 11.3. The monoisotopic (exact) mass is 472 g/mol. The topological polar surface area (TPSA) is 95.9 Å². The lowest BCUT2D eigenvalue weighted by atomic mass is 9.97. The van der Waals surface area contributed by atoms with Gasteiger partial charge in [-0.1, -0.05) is 48.5 Å². The van der Waals surface area contributed by atoms with Gasteiger partial charge in [0.15, 0.2) is 0 Å². The maximum absolute atomic E-state index is 13.6. The summed E-state index contributed by atoms with van der Waals surface area (Å²) in [6.45, 7) is 0.259. The van der Waals surface area contributed by atoms with E-state index < -0.39 is 42.8 Å². The van der Waals surface area contributed by atoms with Crippen molar-refractivity contribution >= 4 is 18.0 Å². The number of aliphatic carboxylic acids is 1. The molecule has 2 aromatic carbocycles. The van der Waals surface area contributed by atoms with Gasteiger partial charge in [0.1, 0.15) is 12.6 Å². The molecule has 1 aliphatic carbocycles. The Kier molecular flexibility index (Phi) is 7.09. The molecule has 0 radical (unpaired) electrons. The van der Waals surface area contributed by atoms with Crippen LogP contribution >= 0.6 is 0 Å². The quantitative estimate of drug-likeness (QED) is 0.638. The third-order valence-corrected chi connectivity index (χ3v) is 6.47. The Bertz CT molecular complexity index is 1030. The van der Waals surface area contributed by atoms with Crippen molar-refractivity contribution in [2.45, 2.75) is 37.6 Å². The number of piperidine rings is 1. The predicted octanol–water partition coefficient (Wildman–Crippen LogP) is 3.87. The van der Waals surface area contributed by atoms with E-state index in [0.717, 1.165) is 22.3 Å². The molecular weight excluding hydrogens is 446 g/mol. The van der Waals surface area contributed by atoms with Crippen LogP contribution in [-0.4, -0.2) is 60.1 Å². The summed E-state index contributed by atoms with van der Waals surface area (Å²) < 4.78 is 32.5. The van der Waals surface area contributed by atoms with Crippen LogP contribution in [0, 0.1) is 5.92 Å². The highest BCUT2D eigenvalue weighted by atomic mass is 19.3. The number of alkyl halides is 2. The van der Waals surface area contributed by atoms with Crippen molar-refractivity contribution in [3.05, 3.63) is 59.7 Å². The van der Waals surface area contributed by atoms with E-state index in [9.17, 15) is 23.2 Å². The van der Waals surface area contributed by atoms with Crippen LogP contribution in [-0.2, 0) is 14.3 Å². The van der Waals surface area contributed by atoms with Crippen molar-refractivity contribution in [2.75, 3.05) is 19.7 Å². The average molecular weight is 472 g/mol. The van der Waals surface area contributed by atoms with E-state index >= 15 is 0 Å². The smallest absolute Gasteiger partial charge is 0.407 e. The summed E-state index contributed by atoms with van der Waals surface area (Å²) in [6, 6.07) is 13.8. The van der Waals surface area contributed by atoms with E-state index in [4.69, 9.17) is 9.84 Å². The Hall–Kier alpha value is -3.49. The van der Waals surface area contributed by atoms with Crippen LogP contribution in [0.4, 0.5) is 13.6 Å². The van der Waals surface area contributed by atoms with Gasteiger partial charge < -0.3 is 20.1 Å². The first-order chi connectivity index (χ1) is 16.3. The second-order valence-corrected chi connectivity index (χ2v) is 8.63. The second kappa shape index (κ2) is 10.2. The molecule has 1 unspecified atom stereocenters. The van der Waals surface area contributed by atoms with Crippen LogP contribution < -0.4 is 5.32 Å². The molecule has 1 heterocycles. The Labute approximate surface area is 195 Å². The number of nitrogens with zero attached hydrogens (tertiary/aromatic N) is 1. The number of carbonyl (C=O) groups is 3. The number of halogens is 2. The fraction of sp³-hybridized carbons (Fsp3) is 0.400. The molecule has 2 atom stereocenters. The molecule has 0 aromatic heterocycles. The van der Waals surface area contributed by atoms with Crippen LogP contribution in [0.2, 0.25) is 0 Å². The highest BCUT2D eigenvalue weighted by molar-refractivity contribution is 5.80. The van der Waals surface area contributed by atoms with Gasteiger partial charge in [0.2, 0.25) is 5.91 Å². The molecule has 0 bridgehead atoms. The number of likely N-dealkylation sites (tertiary alicyclic amines) is 1. The largest absolute Gasteiger partial charge is 0.481 e. The zero-order valence-electron chi connectivity index (χ0n) is 18.5. The van der Waals surface area contributed by atoms with Crippen LogP contribution in [0.5, 0.6) is 0 Å². The van der Waals surface area contributed by atoms with Crippen LogP contribution in [0.15, 0.2) is 48.5 Å². The molecule has 1 saturated heterocycles. The summed E-state index contributed by atoms with van der Waals surface area (Å²) >= 11 is 0. The summed E-state index contributed by atoms with van der Waals surface area (Å²) in [6.07, 6.45) is -3.71. The van der Waals surface area contributed by atoms with Gasteiger partial charge in [-0.05, 0) is 35.1 Å². The van der Waals surface area contributed by atoms with Gasteiger partial charge >= 0.3 is 12.1 Å². The number of fused-ring (bicyclic) bond motifs is 3. The van der Waals surface area contributed by atoms with E-state index in [1.54, 1.807) is 0 Å². The van der Waals surface area contributed by atoms with Gasteiger partial charge in [0, 0.05) is 19.0 Å². The molecule has 0 saturated carbocycles. The van der Waals surface area contributed by atoms with Crippen molar-refractivity contribution in [1.29, 1.82) is 0 Å². The molecule has 0 spiro atoms. The number of ether oxygens (including phenoxy) is 1. The van der Waals surface area contributed by atoms with Gasteiger partial charge in [-0.15, -0.1) is 0 Å². The highest BCUT2D eigenvalue weighted by Gasteiger charge is 2.33. The number of nitrogens with one attached hydrogen (secondary N) is 1. The number of carboxylic acids is 1. The first kappa shape index (κ1) is 23.7. The number of rotatable bonds is 7. The van der Waals surface area contributed by atoms with Crippen molar-refractivity contribution in [3.63, 3.8) is 0 Å². The Morgan fingerprint density at radius 2 is 1.68 bits per heavy atom. The third kappa shape index (κ3) is 5.03.